The van der Waals surface area contributed by atoms with Crippen molar-refractivity contribution in [1.29, 1.82) is 0 Å². The SMILES string of the molecule is NC1CCN(c2nnc(C(=O)O)o2)C1. The molecule has 1 aromatic heterocycles. The van der Waals surface area contributed by atoms with Crippen molar-refractivity contribution in [2.75, 3.05) is 18.0 Å². The number of rotatable bonds is 2. The summed E-state index contributed by atoms with van der Waals surface area (Å²) in [4.78, 5) is 12.2. The van der Waals surface area contributed by atoms with E-state index in [2.05, 4.69) is 10.2 Å². The van der Waals surface area contributed by atoms with Crippen molar-refractivity contribution in [3.8, 4) is 0 Å². The van der Waals surface area contributed by atoms with Crippen LogP contribution in [0.3, 0.4) is 0 Å². The van der Waals surface area contributed by atoms with E-state index in [0.29, 0.717) is 6.54 Å². The lowest BCUT2D eigenvalue weighted by molar-refractivity contribution is 0.0654. The number of carboxylic acids is 1. The van der Waals surface area contributed by atoms with Gasteiger partial charge in [0.05, 0.1) is 0 Å². The highest BCUT2D eigenvalue weighted by Crippen LogP contribution is 2.17. The van der Waals surface area contributed by atoms with Crippen LogP contribution in [-0.4, -0.2) is 40.4 Å². The average Bonchev–Trinajstić information content (AvgIpc) is 2.70. The van der Waals surface area contributed by atoms with Crippen LogP contribution in [0.4, 0.5) is 6.01 Å². The Kier molecular flexibility index (Phi) is 2.08. The van der Waals surface area contributed by atoms with Gasteiger partial charge in [-0.1, -0.05) is 10.2 Å². The largest absolute Gasteiger partial charge is 0.474 e. The van der Waals surface area contributed by atoms with E-state index in [1.54, 1.807) is 4.90 Å². The second-order valence-electron chi connectivity index (χ2n) is 3.19. The number of hydrogen-bond donors (Lipinski definition) is 2. The Morgan fingerprint density at radius 2 is 2.43 bits per heavy atom. The Balaban J connectivity index is 2.13. The first-order valence-electron chi connectivity index (χ1n) is 4.24. The van der Waals surface area contributed by atoms with Gasteiger partial charge in [0, 0.05) is 19.1 Å². The van der Waals surface area contributed by atoms with E-state index in [0.717, 1.165) is 13.0 Å². The first-order chi connectivity index (χ1) is 6.66. The maximum atomic E-state index is 10.5. The molecule has 2 heterocycles. The monoisotopic (exact) mass is 198 g/mol. The predicted molar refractivity (Wildman–Crippen MR) is 46.1 cm³/mol. The van der Waals surface area contributed by atoms with E-state index in [-0.39, 0.29) is 17.9 Å². The van der Waals surface area contributed by atoms with Gasteiger partial charge in [0.15, 0.2) is 0 Å². The molecule has 7 nitrogen and oxygen atoms in total. The molecule has 1 aliphatic heterocycles. The second-order valence-corrected chi connectivity index (χ2v) is 3.19. The fraction of sp³-hybridized carbons (Fsp3) is 0.571. The molecule has 1 saturated heterocycles. The number of hydrogen-bond acceptors (Lipinski definition) is 6. The maximum absolute atomic E-state index is 10.5. The number of nitrogens with zero attached hydrogens (tertiary/aromatic N) is 3. The summed E-state index contributed by atoms with van der Waals surface area (Å²) in [6.45, 7) is 1.35. The molecule has 14 heavy (non-hydrogen) atoms. The molecule has 1 aromatic rings. The van der Waals surface area contributed by atoms with Crippen LogP contribution in [0.1, 0.15) is 17.1 Å². The van der Waals surface area contributed by atoms with Crippen molar-refractivity contribution in [2.24, 2.45) is 5.73 Å². The molecule has 0 radical (unpaired) electrons. The van der Waals surface area contributed by atoms with Gasteiger partial charge in [-0.25, -0.2) is 4.79 Å². The van der Waals surface area contributed by atoms with E-state index in [9.17, 15) is 4.79 Å². The lowest BCUT2D eigenvalue weighted by atomic mass is 10.3. The van der Waals surface area contributed by atoms with E-state index in [4.69, 9.17) is 15.3 Å². The van der Waals surface area contributed by atoms with Crippen molar-refractivity contribution in [3.63, 3.8) is 0 Å². The molecule has 1 unspecified atom stereocenters. The molecule has 1 aliphatic rings. The molecule has 3 N–H and O–H groups in total. The molecule has 0 amide bonds. The zero-order chi connectivity index (χ0) is 10.1. The maximum Gasteiger partial charge on any atom is 0.393 e. The standard InChI is InChI=1S/C7H10N4O3/c8-4-1-2-11(3-4)7-10-9-5(14-7)6(12)13/h4H,1-3,8H2,(H,12,13). The quantitative estimate of drug-likeness (QED) is 0.647. The molecule has 0 aromatic carbocycles. The van der Waals surface area contributed by atoms with Gasteiger partial charge in [0.25, 0.3) is 0 Å². The minimum atomic E-state index is -1.22. The molecule has 1 atom stereocenters. The van der Waals surface area contributed by atoms with Crippen LogP contribution in [0.15, 0.2) is 4.42 Å². The molecule has 0 bridgehead atoms. The summed E-state index contributed by atoms with van der Waals surface area (Å²) in [5.41, 5.74) is 5.68. The third-order valence-corrected chi connectivity index (χ3v) is 2.09. The van der Waals surface area contributed by atoms with Crippen LogP contribution in [0.2, 0.25) is 0 Å². The van der Waals surface area contributed by atoms with E-state index >= 15 is 0 Å². The molecule has 7 heteroatoms. The van der Waals surface area contributed by atoms with E-state index in [1.165, 1.54) is 0 Å². The van der Waals surface area contributed by atoms with Crippen LogP contribution in [-0.2, 0) is 0 Å². The minimum absolute atomic E-state index is 0.0928. The number of anilines is 1. The molecular weight excluding hydrogens is 188 g/mol. The summed E-state index contributed by atoms with van der Waals surface area (Å²) in [6.07, 6.45) is 0.852. The van der Waals surface area contributed by atoms with Crippen LogP contribution in [0, 0.1) is 0 Å². The minimum Gasteiger partial charge on any atom is -0.474 e. The first-order valence-corrected chi connectivity index (χ1v) is 4.24. The number of carbonyl (C=O) groups is 1. The van der Waals surface area contributed by atoms with Crippen molar-refractivity contribution in [2.45, 2.75) is 12.5 Å². The van der Waals surface area contributed by atoms with Crippen molar-refractivity contribution < 1.29 is 14.3 Å². The predicted octanol–water partition coefficient (Wildman–Crippen LogP) is -0.695. The summed E-state index contributed by atoms with van der Waals surface area (Å²) < 4.78 is 4.93. The summed E-state index contributed by atoms with van der Waals surface area (Å²) in [6, 6.07) is 0.325. The summed E-state index contributed by atoms with van der Waals surface area (Å²) in [5.74, 6) is -1.60. The second kappa shape index (κ2) is 3.26. The Morgan fingerprint density at radius 1 is 1.64 bits per heavy atom. The number of nitrogens with two attached hydrogens (primary N) is 1. The summed E-state index contributed by atoms with van der Waals surface area (Å²) >= 11 is 0. The van der Waals surface area contributed by atoms with Crippen LogP contribution in [0.25, 0.3) is 0 Å². The Bertz CT molecular complexity index is 350. The average molecular weight is 198 g/mol. The number of aromatic nitrogens is 2. The van der Waals surface area contributed by atoms with E-state index in [1.807, 2.05) is 0 Å². The van der Waals surface area contributed by atoms with Gasteiger partial charge in [-0.15, -0.1) is 0 Å². The molecule has 0 aliphatic carbocycles. The summed E-state index contributed by atoms with van der Waals surface area (Å²) in [7, 11) is 0. The zero-order valence-electron chi connectivity index (χ0n) is 7.38. The third-order valence-electron chi connectivity index (χ3n) is 2.09. The molecule has 2 rings (SSSR count). The van der Waals surface area contributed by atoms with Crippen LogP contribution < -0.4 is 10.6 Å². The van der Waals surface area contributed by atoms with Crippen molar-refractivity contribution in [1.82, 2.24) is 10.2 Å². The lowest BCUT2D eigenvalue weighted by Crippen LogP contribution is -2.26. The topological polar surface area (TPSA) is 105 Å². The molecule has 1 fully saturated rings. The Labute approximate surface area is 79.5 Å². The van der Waals surface area contributed by atoms with Gasteiger partial charge in [-0.2, -0.15) is 0 Å². The molecule has 76 valence electrons. The Hall–Kier alpha value is -1.63. The van der Waals surface area contributed by atoms with E-state index < -0.39 is 5.97 Å². The highest BCUT2D eigenvalue weighted by atomic mass is 16.4. The Morgan fingerprint density at radius 3 is 2.93 bits per heavy atom. The van der Waals surface area contributed by atoms with Gasteiger partial charge in [-0.05, 0) is 6.42 Å². The highest BCUT2D eigenvalue weighted by Gasteiger charge is 2.24. The highest BCUT2D eigenvalue weighted by molar-refractivity contribution is 5.82. The van der Waals surface area contributed by atoms with Gasteiger partial charge >= 0.3 is 17.9 Å². The lowest BCUT2D eigenvalue weighted by Gasteiger charge is -2.10. The molecular formula is C7H10N4O3. The van der Waals surface area contributed by atoms with Gasteiger partial charge in [-0.3, -0.25) is 0 Å². The normalized spacial score (nSPS) is 21.5. The molecule has 0 saturated carbocycles. The van der Waals surface area contributed by atoms with Crippen LogP contribution >= 0.6 is 0 Å². The number of carboxylic acid groups (broad SMARTS) is 1. The van der Waals surface area contributed by atoms with Crippen molar-refractivity contribution in [3.05, 3.63) is 5.89 Å². The zero-order valence-corrected chi connectivity index (χ0v) is 7.38. The van der Waals surface area contributed by atoms with Gasteiger partial charge in [0.2, 0.25) is 0 Å². The van der Waals surface area contributed by atoms with Crippen LogP contribution in [0.5, 0.6) is 0 Å². The summed E-state index contributed by atoms with van der Waals surface area (Å²) in [5, 5.41) is 15.6. The fourth-order valence-electron chi connectivity index (χ4n) is 1.39. The smallest absolute Gasteiger partial charge is 0.393 e. The van der Waals surface area contributed by atoms with Gasteiger partial charge < -0.3 is 20.2 Å². The molecule has 0 spiro atoms. The third kappa shape index (κ3) is 1.53. The number of aromatic carboxylic acids is 1. The first kappa shape index (κ1) is 8.95. The van der Waals surface area contributed by atoms with Gasteiger partial charge in [0.1, 0.15) is 0 Å². The fourth-order valence-corrected chi connectivity index (χ4v) is 1.39. The van der Waals surface area contributed by atoms with Crippen molar-refractivity contribution >= 4 is 12.0 Å².